The summed E-state index contributed by atoms with van der Waals surface area (Å²) in [6.45, 7) is 4.48. The molecule has 0 unspecified atom stereocenters. The second kappa shape index (κ2) is 9.49. The second-order valence-corrected chi connectivity index (χ2v) is 7.14. The smallest absolute Gasteiger partial charge is 0.122 e. The number of benzene rings is 2. The Balaban J connectivity index is 1.56. The molecule has 4 rings (SSSR count). The molecule has 0 saturated carbocycles. The molecule has 0 saturated heterocycles. The minimum Gasteiger partial charge on any atom is -0.491 e. The zero-order valence-corrected chi connectivity index (χ0v) is 16.1. The maximum absolute atomic E-state index is 5.98. The van der Waals surface area contributed by atoms with E-state index in [0.29, 0.717) is 19.8 Å². The van der Waals surface area contributed by atoms with E-state index in [1.54, 1.807) is 0 Å². The summed E-state index contributed by atoms with van der Waals surface area (Å²) >= 11 is 0. The van der Waals surface area contributed by atoms with Crippen LogP contribution in [0.1, 0.15) is 22.3 Å². The molecule has 0 aliphatic carbocycles. The fourth-order valence-electron chi connectivity index (χ4n) is 3.58. The van der Waals surface area contributed by atoms with Gasteiger partial charge in [0.1, 0.15) is 12.4 Å². The van der Waals surface area contributed by atoms with Crippen molar-refractivity contribution < 1.29 is 9.47 Å². The molecule has 3 aromatic rings. The highest BCUT2D eigenvalue weighted by atomic mass is 16.5. The van der Waals surface area contributed by atoms with Crippen LogP contribution in [0.25, 0.3) is 0 Å². The van der Waals surface area contributed by atoms with Crippen molar-refractivity contribution in [2.24, 2.45) is 0 Å². The number of aromatic nitrogens is 1. The van der Waals surface area contributed by atoms with E-state index in [1.807, 2.05) is 30.6 Å². The molecule has 4 nitrogen and oxygen atoms in total. The van der Waals surface area contributed by atoms with Crippen molar-refractivity contribution >= 4 is 0 Å². The molecule has 2 bridgehead atoms. The minimum absolute atomic E-state index is 0.569. The van der Waals surface area contributed by atoms with Crippen LogP contribution in [0.3, 0.4) is 0 Å². The third-order valence-electron chi connectivity index (χ3n) is 4.93. The molecule has 0 amide bonds. The van der Waals surface area contributed by atoms with E-state index in [9.17, 15) is 0 Å². The second-order valence-electron chi connectivity index (χ2n) is 7.14. The first-order valence-corrected chi connectivity index (χ1v) is 9.84. The van der Waals surface area contributed by atoms with Crippen LogP contribution in [-0.4, -0.2) is 36.2 Å². The molecular weight excluding hydrogens is 348 g/mol. The van der Waals surface area contributed by atoms with E-state index in [4.69, 9.17) is 9.47 Å². The van der Waals surface area contributed by atoms with Crippen molar-refractivity contribution in [1.29, 1.82) is 0 Å². The normalized spacial score (nSPS) is 15.9. The molecule has 4 heteroatoms. The van der Waals surface area contributed by atoms with Crippen molar-refractivity contribution in [3.05, 3.63) is 95.3 Å². The monoisotopic (exact) mass is 374 g/mol. The Bertz CT molecular complexity index is 883. The number of nitrogens with zero attached hydrogens (tertiary/aromatic N) is 2. The lowest BCUT2D eigenvalue weighted by molar-refractivity contribution is 0.0757. The third kappa shape index (κ3) is 5.18. The number of hydrogen-bond acceptors (Lipinski definition) is 4. The lowest BCUT2D eigenvalue weighted by Gasteiger charge is -2.23. The number of ether oxygens (including phenoxy) is 2. The Morgan fingerprint density at radius 3 is 2.75 bits per heavy atom. The molecule has 1 aliphatic rings. The zero-order chi connectivity index (χ0) is 19.0. The maximum atomic E-state index is 5.98. The maximum Gasteiger partial charge on any atom is 0.122 e. The highest BCUT2D eigenvalue weighted by molar-refractivity contribution is 5.38. The van der Waals surface area contributed by atoms with Crippen LogP contribution < -0.4 is 4.74 Å². The molecule has 0 spiro atoms. The minimum atomic E-state index is 0.569. The van der Waals surface area contributed by atoms with Gasteiger partial charge in [0, 0.05) is 38.4 Å². The van der Waals surface area contributed by atoms with Crippen molar-refractivity contribution in [1.82, 2.24) is 9.88 Å². The van der Waals surface area contributed by atoms with Crippen molar-refractivity contribution in [2.45, 2.75) is 19.5 Å². The molecule has 0 atom stereocenters. The van der Waals surface area contributed by atoms with Gasteiger partial charge in [0.05, 0.1) is 13.2 Å². The summed E-state index contributed by atoms with van der Waals surface area (Å²) in [6.07, 6.45) is 4.62. The lowest BCUT2D eigenvalue weighted by Crippen LogP contribution is -2.27. The summed E-state index contributed by atoms with van der Waals surface area (Å²) in [5, 5.41) is 0. The van der Waals surface area contributed by atoms with E-state index in [0.717, 1.165) is 31.8 Å². The Labute approximate surface area is 166 Å². The molecule has 1 aromatic heterocycles. The largest absolute Gasteiger partial charge is 0.491 e. The summed E-state index contributed by atoms with van der Waals surface area (Å²) in [5.74, 6) is 0.951. The van der Waals surface area contributed by atoms with Gasteiger partial charge in [-0.1, -0.05) is 48.5 Å². The van der Waals surface area contributed by atoms with E-state index < -0.39 is 0 Å². The highest BCUT2D eigenvalue weighted by Gasteiger charge is 2.11. The van der Waals surface area contributed by atoms with Gasteiger partial charge in [-0.2, -0.15) is 0 Å². The summed E-state index contributed by atoms with van der Waals surface area (Å²) in [5.41, 5.74) is 5.06. The van der Waals surface area contributed by atoms with Gasteiger partial charge in [0.25, 0.3) is 0 Å². The summed E-state index contributed by atoms with van der Waals surface area (Å²) in [7, 11) is 0. The quantitative estimate of drug-likeness (QED) is 0.677. The number of para-hydroxylation sites is 1. The summed E-state index contributed by atoms with van der Waals surface area (Å²) < 4.78 is 11.8. The highest BCUT2D eigenvalue weighted by Crippen LogP contribution is 2.22. The fourth-order valence-corrected chi connectivity index (χ4v) is 3.58. The van der Waals surface area contributed by atoms with Crippen LogP contribution in [0.2, 0.25) is 0 Å². The fraction of sp³-hybridized carbons (Fsp3) is 0.292. The van der Waals surface area contributed by atoms with Crippen LogP contribution in [0.5, 0.6) is 5.75 Å². The van der Waals surface area contributed by atoms with Crippen molar-refractivity contribution in [3.8, 4) is 5.75 Å². The molecule has 0 radical (unpaired) electrons. The van der Waals surface area contributed by atoms with Crippen LogP contribution in [0.15, 0.2) is 73.1 Å². The third-order valence-corrected chi connectivity index (χ3v) is 4.93. The van der Waals surface area contributed by atoms with Crippen molar-refractivity contribution in [2.75, 3.05) is 26.4 Å². The standard InChI is InChI=1S/C24H26N2O2/c1-2-9-24-23(8-1)16-20-5-3-6-21(15-20)18-26(11-12-27-13-14-28-24)19-22-7-4-10-25-17-22/h1-10,15,17H,11-14,16,18-19H2. The van der Waals surface area contributed by atoms with Gasteiger partial charge in [-0.05, 0) is 34.4 Å². The number of fused-ring (bicyclic) bond motifs is 3. The first kappa shape index (κ1) is 18.7. The molecule has 0 fully saturated rings. The summed E-state index contributed by atoms with van der Waals surface area (Å²) in [6, 6.07) is 21.3. The number of hydrogen-bond donors (Lipinski definition) is 0. The predicted molar refractivity (Wildman–Crippen MR) is 110 cm³/mol. The van der Waals surface area contributed by atoms with Gasteiger partial charge in [-0.25, -0.2) is 0 Å². The van der Waals surface area contributed by atoms with E-state index in [-0.39, 0.29) is 0 Å². The van der Waals surface area contributed by atoms with Crippen LogP contribution in [0, 0.1) is 0 Å². The molecule has 144 valence electrons. The van der Waals surface area contributed by atoms with Crippen LogP contribution in [0.4, 0.5) is 0 Å². The van der Waals surface area contributed by atoms with E-state index in [2.05, 4.69) is 52.3 Å². The van der Waals surface area contributed by atoms with Gasteiger partial charge >= 0.3 is 0 Å². The SMILES string of the molecule is c1cncc(CN2CCOCCOc3ccccc3Cc3cccc(c3)C2)c1. The number of pyridine rings is 1. The molecular formula is C24H26N2O2. The van der Waals surface area contributed by atoms with Crippen LogP contribution >= 0.6 is 0 Å². The number of rotatable bonds is 2. The van der Waals surface area contributed by atoms with Gasteiger partial charge < -0.3 is 9.47 Å². The average molecular weight is 374 g/mol. The molecule has 0 N–H and O–H groups in total. The van der Waals surface area contributed by atoms with Gasteiger partial charge in [0.2, 0.25) is 0 Å². The first-order chi connectivity index (χ1) is 13.9. The topological polar surface area (TPSA) is 34.6 Å². The van der Waals surface area contributed by atoms with Gasteiger partial charge in [-0.3, -0.25) is 9.88 Å². The molecule has 28 heavy (non-hydrogen) atoms. The predicted octanol–water partition coefficient (Wildman–Crippen LogP) is 4.08. The average Bonchev–Trinajstić information content (AvgIpc) is 2.72. The molecule has 2 heterocycles. The van der Waals surface area contributed by atoms with E-state index >= 15 is 0 Å². The summed E-state index contributed by atoms with van der Waals surface area (Å²) in [4.78, 5) is 6.66. The molecule has 1 aliphatic heterocycles. The molecule has 2 aromatic carbocycles. The van der Waals surface area contributed by atoms with Crippen LogP contribution in [-0.2, 0) is 24.2 Å². The Kier molecular flexibility index (Phi) is 6.32. The Hall–Kier alpha value is -2.69. The van der Waals surface area contributed by atoms with Crippen molar-refractivity contribution in [3.63, 3.8) is 0 Å². The zero-order valence-electron chi connectivity index (χ0n) is 16.1. The Morgan fingerprint density at radius 1 is 0.893 bits per heavy atom. The lowest BCUT2D eigenvalue weighted by atomic mass is 10.0. The Morgan fingerprint density at radius 2 is 1.82 bits per heavy atom. The first-order valence-electron chi connectivity index (χ1n) is 9.84. The van der Waals surface area contributed by atoms with Gasteiger partial charge in [-0.15, -0.1) is 0 Å². The van der Waals surface area contributed by atoms with E-state index in [1.165, 1.54) is 22.3 Å². The van der Waals surface area contributed by atoms with Gasteiger partial charge in [0.15, 0.2) is 0 Å².